The third-order valence-electron chi connectivity index (χ3n) is 1.93. The predicted octanol–water partition coefficient (Wildman–Crippen LogP) is 1.77. The second kappa shape index (κ2) is 7.70. The fraction of sp³-hybridized carbons (Fsp3) is 0.364. The molecule has 0 bridgehead atoms. The lowest BCUT2D eigenvalue weighted by Crippen LogP contribution is -2.25. The molecule has 0 atom stereocenters. The number of rotatable bonds is 7. The maximum Gasteiger partial charge on any atom is 0.343 e. The van der Waals surface area contributed by atoms with Crippen LogP contribution in [-0.4, -0.2) is 35.3 Å². The Labute approximate surface area is 114 Å². The van der Waals surface area contributed by atoms with Crippen molar-refractivity contribution in [3.63, 3.8) is 0 Å². The fourth-order valence-electron chi connectivity index (χ4n) is 1.14. The summed E-state index contributed by atoms with van der Waals surface area (Å²) in [5.41, 5.74) is 5.38. The van der Waals surface area contributed by atoms with Crippen molar-refractivity contribution in [2.45, 2.75) is 12.1 Å². The van der Waals surface area contributed by atoms with Gasteiger partial charge in [0.1, 0.15) is 11.4 Å². The van der Waals surface area contributed by atoms with Gasteiger partial charge in [-0.15, -0.1) is 0 Å². The number of halogens is 1. The SMILES string of the molecule is C=C(F)CNNc1nc(SC)ncc1C(=O)OCC. The van der Waals surface area contributed by atoms with Crippen molar-refractivity contribution in [2.75, 3.05) is 24.8 Å². The number of anilines is 1. The van der Waals surface area contributed by atoms with Crippen LogP contribution < -0.4 is 10.9 Å². The maximum atomic E-state index is 12.5. The quantitative estimate of drug-likeness (QED) is 0.342. The number of aromatic nitrogens is 2. The van der Waals surface area contributed by atoms with Crippen LogP contribution in [0.15, 0.2) is 23.8 Å². The van der Waals surface area contributed by atoms with Crippen LogP contribution >= 0.6 is 11.8 Å². The number of carbonyl (C=O) groups is 1. The number of ether oxygens (including phenoxy) is 1. The van der Waals surface area contributed by atoms with E-state index in [2.05, 4.69) is 27.4 Å². The lowest BCUT2D eigenvalue weighted by atomic mass is 10.3. The average molecular weight is 286 g/mol. The highest BCUT2D eigenvalue weighted by Crippen LogP contribution is 2.16. The Balaban J connectivity index is 2.89. The van der Waals surface area contributed by atoms with Crippen LogP contribution in [0.25, 0.3) is 0 Å². The van der Waals surface area contributed by atoms with Gasteiger partial charge in [0.15, 0.2) is 11.0 Å². The Morgan fingerprint density at radius 1 is 1.63 bits per heavy atom. The van der Waals surface area contributed by atoms with E-state index in [0.29, 0.717) is 5.16 Å². The van der Waals surface area contributed by atoms with Crippen LogP contribution in [0.4, 0.5) is 10.2 Å². The van der Waals surface area contributed by atoms with Gasteiger partial charge in [0, 0.05) is 6.20 Å². The minimum absolute atomic E-state index is 0.0964. The van der Waals surface area contributed by atoms with E-state index in [9.17, 15) is 9.18 Å². The summed E-state index contributed by atoms with van der Waals surface area (Å²) >= 11 is 1.32. The number of hydrogen-bond acceptors (Lipinski definition) is 7. The highest BCUT2D eigenvalue weighted by atomic mass is 32.2. The largest absolute Gasteiger partial charge is 0.462 e. The summed E-state index contributed by atoms with van der Waals surface area (Å²) < 4.78 is 17.4. The van der Waals surface area contributed by atoms with Crippen molar-refractivity contribution in [1.29, 1.82) is 0 Å². The molecule has 0 spiro atoms. The fourth-order valence-corrected chi connectivity index (χ4v) is 1.48. The van der Waals surface area contributed by atoms with Gasteiger partial charge in [0.25, 0.3) is 0 Å². The van der Waals surface area contributed by atoms with Gasteiger partial charge in [0.05, 0.1) is 13.2 Å². The van der Waals surface area contributed by atoms with Crippen LogP contribution in [0, 0.1) is 0 Å². The molecule has 0 aliphatic carbocycles. The molecule has 0 saturated heterocycles. The van der Waals surface area contributed by atoms with Gasteiger partial charge in [-0.2, -0.15) is 0 Å². The lowest BCUT2D eigenvalue weighted by molar-refractivity contribution is 0.0526. The van der Waals surface area contributed by atoms with E-state index in [1.54, 1.807) is 13.2 Å². The first-order valence-corrected chi connectivity index (χ1v) is 6.71. The number of hydrazine groups is 1. The highest BCUT2D eigenvalue weighted by Gasteiger charge is 2.15. The summed E-state index contributed by atoms with van der Waals surface area (Å²) in [5, 5.41) is 0.483. The zero-order valence-electron chi connectivity index (χ0n) is 10.7. The van der Waals surface area contributed by atoms with Crippen molar-refractivity contribution in [1.82, 2.24) is 15.4 Å². The highest BCUT2D eigenvalue weighted by molar-refractivity contribution is 7.98. The number of nitrogens with one attached hydrogen (secondary N) is 2. The molecule has 0 amide bonds. The van der Waals surface area contributed by atoms with Crippen LogP contribution in [0.1, 0.15) is 17.3 Å². The van der Waals surface area contributed by atoms with Crippen LogP contribution in [0.5, 0.6) is 0 Å². The molecule has 0 radical (unpaired) electrons. The molecule has 1 aromatic rings. The number of nitrogens with zero attached hydrogens (tertiary/aromatic N) is 2. The predicted molar refractivity (Wildman–Crippen MR) is 71.6 cm³/mol. The smallest absolute Gasteiger partial charge is 0.343 e. The maximum absolute atomic E-state index is 12.5. The first-order chi connectivity index (χ1) is 9.08. The van der Waals surface area contributed by atoms with Crippen molar-refractivity contribution in [3.8, 4) is 0 Å². The van der Waals surface area contributed by atoms with Crippen molar-refractivity contribution in [2.24, 2.45) is 0 Å². The molecule has 0 fully saturated rings. The van der Waals surface area contributed by atoms with E-state index < -0.39 is 11.8 Å². The number of esters is 1. The summed E-state index contributed by atoms with van der Waals surface area (Å²) in [6, 6.07) is 0. The molecular formula is C11H15FN4O2S. The Morgan fingerprint density at radius 3 is 2.95 bits per heavy atom. The molecule has 1 aromatic heterocycles. The third kappa shape index (κ3) is 4.84. The summed E-state index contributed by atoms with van der Waals surface area (Å²) in [4.78, 5) is 19.8. The van der Waals surface area contributed by atoms with Crippen LogP contribution in [-0.2, 0) is 4.74 Å². The Hall–Kier alpha value is -1.67. The molecule has 8 heteroatoms. The third-order valence-corrected chi connectivity index (χ3v) is 2.49. The molecule has 0 aromatic carbocycles. The summed E-state index contributed by atoms with van der Waals surface area (Å²) in [7, 11) is 0. The molecule has 1 rings (SSSR count). The van der Waals surface area contributed by atoms with E-state index in [-0.39, 0.29) is 24.5 Å². The van der Waals surface area contributed by atoms with Gasteiger partial charge in [-0.3, -0.25) is 0 Å². The van der Waals surface area contributed by atoms with E-state index in [1.165, 1.54) is 18.0 Å². The Morgan fingerprint density at radius 2 is 2.37 bits per heavy atom. The standard InChI is InChI=1S/C11H15FN4O2S/c1-4-18-10(17)8-6-13-11(19-3)15-9(8)16-14-5-7(2)12/h6,14H,2,4-5H2,1,3H3,(H,13,15,16). The number of carbonyl (C=O) groups excluding carboxylic acids is 1. The summed E-state index contributed by atoms with van der Waals surface area (Å²) in [6.45, 7) is 4.96. The van der Waals surface area contributed by atoms with E-state index >= 15 is 0 Å². The Bertz CT molecular complexity index is 470. The van der Waals surface area contributed by atoms with Gasteiger partial charge >= 0.3 is 5.97 Å². The van der Waals surface area contributed by atoms with E-state index in [4.69, 9.17) is 4.74 Å². The average Bonchev–Trinajstić information content (AvgIpc) is 2.38. The van der Waals surface area contributed by atoms with Gasteiger partial charge in [-0.05, 0) is 13.2 Å². The molecule has 0 aliphatic heterocycles. The normalized spacial score (nSPS) is 10.1. The van der Waals surface area contributed by atoms with Crippen LogP contribution in [0.2, 0.25) is 0 Å². The van der Waals surface area contributed by atoms with Crippen molar-refractivity contribution < 1.29 is 13.9 Å². The molecule has 0 unspecified atom stereocenters. The molecule has 0 aliphatic rings. The molecule has 19 heavy (non-hydrogen) atoms. The second-order valence-corrected chi connectivity index (χ2v) is 4.11. The van der Waals surface area contributed by atoms with Crippen molar-refractivity contribution >= 4 is 23.5 Å². The number of hydrogen-bond donors (Lipinski definition) is 2. The Kier molecular flexibility index (Phi) is 6.23. The van der Waals surface area contributed by atoms with E-state index in [1.807, 2.05) is 0 Å². The molecule has 104 valence electrons. The second-order valence-electron chi connectivity index (χ2n) is 3.34. The monoisotopic (exact) mass is 286 g/mol. The summed E-state index contributed by atoms with van der Waals surface area (Å²) in [6.07, 6.45) is 3.17. The zero-order chi connectivity index (χ0) is 14.3. The first kappa shape index (κ1) is 15.4. The van der Waals surface area contributed by atoms with Crippen molar-refractivity contribution in [3.05, 3.63) is 24.2 Å². The van der Waals surface area contributed by atoms with Crippen LogP contribution in [0.3, 0.4) is 0 Å². The van der Waals surface area contributed by atoms with Gasteiger partial charge in [-0.25, -0.2) is 24.6 Å². The molecule has 1 heterocycles. The lowest BCUT2D eigenvalue weighted by Gasteiger charge is -2.11. The first-order valence-electron chi connectivity index (χ1n) is 5.48. The molecular weight excluding hydrogens is 271 g/mol. The number of thioether (sulfide) groups is 1. The van der Waals surface area contributed by atoms with Gasteiger partial charge in [0.2, 0.25) is 0 Å². The summed E-state index contributed by atoms with van der Waals surface area (Å²) in [5.74, 6) is -0.845. The molecule has 6 nitrogen and oxygen atoms in total. The van der Waals surface area contributed by atoms with Gasteiger partial charge in [-0.1, -0.05) is 18.3 Å². The molecule has 0 saturated carbocycles. The minimum atomic E-state index is -0.543. The zero-order valence-corrected chi connectivity index (χ0v) is 11.5. The van der Waals surface area contributed by atoms with E-state index in [0.717, 1.165) is 0 Å². The minimum Gasteiger partial charge on any atom is -0.462 e. The topological polar surface area (TPSA) is 76.1 Å². The van der Waals surface area contributed by atoms with Gasteiger partial charge < -0.3 is 10.2 Å². The molecule has 2 N–H and O–H groups in total.